The van der Waals surface area contributed by atoms with Gasteiger partial charge in [-0.25, -0.2) is 8.78 Å². The number of rotatable bonds is 2. The number of hydrogen-bond donors (Lipinski definition) is 0. The van der Waals surface area contributed by atoms with E-state index in [2.05, 4.69) is 4.98 Å². The fourth-order valence-corrected chi connectivity index (χ4v) is 1.49. The first-order valence-corrected chi connectivity index (χ1v) is 4.96. The van der Waals surface area contributed by atoms with Gasteiger partial charge < -0.3 is 0 Å². The van der Waals surface area contributed by atoms with Crippen LogP contribution in [0.25, 0.3) is 11.1 Å². The summed E-state index contributed by atoms with van der Waals surface area (Å²) in [7, 11) is 0. The molecule has 0 amide bonds. The average Bonchev–Trinajstić information content (AvgIpc) is 2.29. The fraction of sp³-hybridized carbons (Fsp3) is 0.154. The molecule has 82 valence electrons. The largest absolute Gasteiger partial charge is 0.270 e. The van der Waals surface area contributed by atoms with E-state index in [-0.39, 0.29) is 5.56 Å². The van der Waals surface area contributed by atoms with Crippen molar-refractivity contribution in [1.82, 2.24) is 4.98 Å². The van der Waals surface area contributed by atoms with Gasteiger partial charge in [0.15, 0.2) is 0 Å². The molecule has 1 aromatic heterocycles. The topological polar surface area (TPSA) is 12.9 Å². The second kappa shape index (κ2) is 4.00. The van der Waals surface area contributed by atoms with E-state index < -0.39 is 5.92 Å². The highest BCUT2D eigenvalue weighted by Gasteiger charge is 2.23. The predicted molar refractivity (Wildman–Crippen MR) is 59.2 cm³/mol. The van der Waals surface area contributed by atoms with Crippen molar-refractivity contribution in [3.63, 3.8) is 0 Å². The lowest BCUT2D eigenvalue weighted by Gasteiger charge is -2.10. The summed E-state index contributed by atoms with van der Waals surface area (Å²) >= 11 is 0. The molecule has 1 aromatic carbocycles. The lowest BCUT2D eigenvalue weighted by molar-refractivity contribution is 0.0175. The Morgan fingerprint density at radius 2 is 1.69 bits per heavy atom. The van der Waals surface area contributed by atoms with Crippen LogP contribution in [0.15, 0.2) is 48.8 Å². The molecule has 2 aromatic rings. The Bertz CT molecular complexity index is 458. The maximum absolute atomic E-state index is 13.0. The lowest BCUT2D eigenvalue weighted by Crippen LogP contribution is -2.06. The van der Waals surface area contributed by atoms with Gasteiger partial charge in [0.2, 0.25) is 0 Å². The van der Waals surface area contributed by atoms with Crippen LogP contribution in [0.5, 0.6) is 0 Å². The van der Waals surface area contributed by atoms with E-state index in [1.807, 2.05) is 12.1 Å². The Kier molecular flexibility index (Phi) is 2.69. The molecule has 3 heteroatoms. The number of hydrogen-bond acceptors (Lipinski definition) is 1. The minimum absolute atomic E-state index is 0.0279. The molecular weight excluding hydrogens is 208 g/mol. The van der Waals surface area contributed by atoms with E-state index in [1.54, 1.807) is 24.5 Å². The molecule has 0 aliphatic rings. The molecule has 0 radical (unpaired) electrons. The summed E-state index contributed by atoms with van der Waals surface area (Å²) in [5, 5.41) is 0. The molecule has 0 saturated heterocycles. The van der Waals surface area contributed by atoms with Gasteiger partial charge in [-0.2, -0.15) is 0 Å². The van der Waals surface area contributed by atoms with Crippen LogP contribution < -0.4 is 0 Å². The van der Waals surface area contributed by atoms with Gasteiger partial charge in [0.05, 0.1) is 0 Å². The third-order valence-electron chi connectivity index (χ3n) is 2.39. The van der Waals surface area contributed by atoms with Crippen LogP contribution in [0.3, 0.4) is 0 Å². The van der Waals surface area contributed by atoms with Gasteiger partial charge >= 0.3 is 0 Å². The van der Waals surface area contributed by atoms with Crippen LogP contribution in [0.1, 0.15) is 12.5 Å². The summed E-state index contributed by atoms with van der Waals surface area (Å²) in [6.07, 6.45) is 3.39. The molecule has 16 heavy (non-hydrogen) atoms. The number of aromatic nitrogens is 1. The highest BCUT2D eigenvalue weighted by molar-refractivity contribution is 5.62. The molecule has 1 nitrogen and oxygen atoms in total. The molecule has 0 atom stereocenters. The Hall–Kier alpha value is -1.77. The van der Waals surface area contributed by atoms with Crippen molar-refractivity contribution in [2.45, 2.75) is 12.8 Å². The number of nitrogens with zero attached hydrogens (tertiary/aromatic N) is 1. The zero-order valence-corrected chi connectivity index (χ0v) is 8.82. The number of halogens is 2. The molecule has 0 N–H and O–H groups in total. The van der Waals surface area contributed by atoms with Crippen molar-refractivity contribution >= 4 is 0 Å². The van der Waals surface area contributed by atoms with Crippen LogP contribution in [-0.4, -0.2) is 4.98 Å². The molecule has 0 unspecified atom stereocenters. The van der Waals surface area contributed by atoms with E-state index in [0.29, 0.717) is 0 Å². The van der Waals surface area contributed by atoms with E-state index in [0.717, 1.165) is 18.1 Å². The van der Waals surface area contributed by atoms with Crippen LogP contribution >= 0.6 is 0 Å². The van der Waals surface area contributed by atoms with Crippen LogP contribution in [0.4, 0.5) is 8.78 Å². The fourth-order valence-electron chi connectivity index (χ4n) is 1.49. The van der Waals surface area contributed by atoms with E-state index >= 15 is 0 Å². The zero-order valence-electron chi connectivity index (χ0n) is 8.82. The van der Waals surface area contributed by atoms with E-state index in [1.165, 1.54) is 12.1 Å². The highest BCUT2D eigenvalue weighted by atomic mass is 19.3. The van der Waals surface area contributed by atoms with Crippen molar-refractivity contribution in [2.75, 3.05) is 0 Å². The van der Waals surface area contributed by atoms with Crippen LogP contribution in [-0.2, 0) is 5.92 Å². The Morgan fingerprint density at radius 3 is 2.19 bits per heavy atom. The van der Waals surface area contributed by atoms with Crippen molar-refractivity contribution in [2.24, 2.45) is 0 Å². The van der Waals surface area contributed by atoms with E-state index in [9.17, 15) is 8.78 Å². The van der Waals surface area contributed by atoms with Crippen LogP contribution in [0, 0.1) is 0 Å². The van der Waals surface area contributed by atoms with Crippen molar-refractivity contribution < 1.29 is 8.78 Å². The van der Waals surface area contributed by atoms with Gasteiger partial charge in [-0.3, -0.25) is 4.98 Å². The first kappa shape index (κ1) is 10.7. The first-order chi connectivity index (χ1) is 7.57. The molecule has 0 fully saturated rings. The van der Waals surface area contributed by atoms with Gasteiger partial charge in [-0.1, -0.05) is 30.3 Å². The quantitative estimate of drug-likeness (QED) is 0.747. The first-order valence-electron chi connectivity index (χ1n) is 4.96. The minimum atomic E-state index is -2.78. The molecule has 0 spiro atoms. The summed E-state index contributed by atoms with van der Waals surface area (Å²) < 4.78 is 26.0. The smallest absolute Gasteiger partial charge is 0.264 e. The van der Waals surface area contributed by atoms with Crippen molar-refractivity contribution in [1.29, 1.82) is 0 Å². The number of pyridine rings is 1. The maximum atomic E-state index is 13.0. The molecule has 0 bridgehead atoms. The predicted octanol–water partition coefficient (Wildman–Crippen LogP) is 3.86. The Morgan fingerprint density at radius 1 is 1.00 bits per heavy atom. The minimum Gasteiger partial charge on any atom is -0.264 e. The summed E-state index contributed by atoms with van der Waals surface area (Å²) in [6, 6.07) is 9.97. The molecule has 2 rings (SSSR count). The zero-order chi connectivity index (χ0) is 11.6. The maximum Gasteiger partial charge on any atom is 0.270 e. The van der Waals surface area contributed by atoms with Gasteiger partial charge in [-0.05, 0) is 17.2 Å². The Labute approximate surface area is 92.8 Å². The summed E-state index contributed by atoms with van der Waals surface area (Å²) in [6.45, 7) is 0.895. The SMILES string of the molecule is CC(F)(F)c1ccc(-c2cccnc2)cc1. The van der Waals surface area contributed by atoms with E-state index in [4.69, 9.17) is 0 Å². The molecule has 0 aliphatic carbocycles. The van der Waals surface area contributed by atoms with Gasteiger partial charge in [0, 0.05) is 24.9 Å². The Balaban J connectivity index is 2.34. The third-order valence-corrected chi connectivity index (χ3v) is 2.39. The average molecular weight is 219 g/mol. The van der Waals surface area contributed by atoms with Gasteiger partial charge in [0.25, 0.3) is 5.92 Å². The molecule has 1 heterocycles. The second-order valence-electron chi connectivity index (χ2n) is 3.71. The summed E-state index contributed by atoms with van der Waals surface area (Å²) in [5.41, 5.74) is 1.84. The van der Waals surface area contributed by atoms with Crippen LogP contribution in [0.2, 0.25) is 0 Å². The van der Waals surface area contributed by atoms with Gasteiger partial charge in [-0.15, -0.1) is 0 Å². The lowest BCUT2D eigenvalue weighted by atomic mass is 10.0. The monoisotopic (exact) mass is 219 g/mol. The second-order valence-corrected chi connectivity index (χ2v) is 3.71. The standard InChI is InChI=1S/C13H11F2N/c1-13(14,15)12-6-4-10(5-7-12)11-3-2-8-16-9-11/h2-9H,1H3. The third kappa shape index (κ3) is 2.24. The number of alkyl halides is 2. The normalized spacial score (nSPS) is 11.4. The summed E-state index contributed by atoms with van der Waals surface area (Å²) in [5.74, 6) is -2.78. The van der Waals surface area contributed by atoms with Crippen molar-refractivity contribution in [3.05, 3.63) is 54.4 Å². The van der Waals surface area contributed by atoms with Gasteiger partial charge in [0.1, 0.15) is 0 Å². The molecule has 0 saturated carbocycles. The van der Waals surface area contributed by atoms with Crippen molar-refractivity contribution in [3.8, 4) is 11.1 Å². The molecular formula is C13H11F2N. The summed E-state index contributed by atoms with van der Waals surface area (Å²) in [4.78, 5) is 3.98. The molecule has 0 aliphatic heterocycles. The number of benzene rings is 1. The highest BCUT2D eigenvalue weighted by Crippen LogP contribution is 2.28.